The number of amides is 1. The lowest BCUT2D eigenvalue weighted by atomic mass is 9.81. The van der Waals surface area contributed by atoms with Crippen molar-refractivity contribution in [2.75, 3.05) is 5.32 Å². The smallest absolute Gasteiger partial charge is 0.234 e. The third-order valence-electron chi connectivity index (χ3n) is 3.05. The fourth-order valence-electron chi connectivity index (χ4n) is 1.84. The molecule has 0 saturated heterocycles. The summed E-state index contributed by atoms with van der Waals surface area (Å²) in [6.45, 7) is 4.02. The fraction of sp³-hybridized carbons (Fsp3) is 0.364. The van der Waals surface area contributed by atoms with Gasteiger partial charge < -0.3 is 5.32 Å². The van der Waals surface area contributed by atoms with E-state index in [1.54, 1.807) is 0 Å². The maximum Gasteiger partial charge on any atom is 0.234 e. The van der Waals surface area contributed by atoms with E-state index in [2.05, 4.69) is 21.2 Å². The summed E-state index contributed by atoms with van der Waals surface area (Å²) in [4.78, 5) is 11.8. The van der Waals surface area contributed by atoms with Crippen LogP contribution in [0.15, 0.2) is 22.7 Å². The Hall–Kier alpha value is -0.830. The van der Waals surface area contributed by atoms with E-state index in [4.69, 9.17) is 0 Å². The van der Waals surface area contributed by atoms with Crippen LogP contribution in [0.4, 0.5) is 5.69 Å². The number of benzene rings is 1. The summed E-state index contributed by atoms with van der Waals surface area (Å²) in [5, 5.41) is 2.92. The Morgan fingerprint density at radius 3 is 2.86 bits per heavy atom. The second-order valence-electron chi connectivity index (χ2n) is 3.80. The number of nitrogens with one attached hydrogen (secondary N) is 1. The molecule has 1 aromatic carbocycles. The summed E-state index contributed by atoms with van der Waals surface area (Å²) in [5.74, 6) is 0.0990. The van der Waals surface area contributed by atoms with E-state index in [9.17, 15) is 4.79 Å². The van der Waals surface area contributed by atoms with Crippen LogP contribution in [0.1, 0.15) is 25.8 Å². The number of fused-ring (bicyclic) bond motifs is 1. The molecule has 1 aliphatic rings. The summed E-state index contributed by atoms with van der Waals surface area (Å²) in [6.07, 6.45) is 0.822. The van der Waals surface area contributed by atoms with Gasteiger partial charge in [0.25, 0.3) is 0 Å². The van der Waals surface area contributed by atoms with E-state index in [-0.39, 0.29) is 11.3 Å². The first-order chi connectivity index (χ1) is 6.59. The zero-order valence-corrected chi connectivity index (χ0v) is 9.81. The molecular formula is C11H12BrNO. The van der Waals surface area contributed by atoms with Crippen LogP contribution in [0.25, 0.3) is 0 Å². The summed E-state index contributed by atoms with van der Waals surface area (Å²) in [7, 11) is 0. The van der Waals surface area contributed by atoms with E-state index < -0.39 is 0 Å². The van der Waals surface area contributed by atoms with Gasteiger partial charge in [-0.2, -0.15) is 0 Å². The SMILES string of the molecule is CCC1(C)C(=O)Nc2c(Br)cccc21. The van der Waals surface area contributed by atoms with Crippen molar-refractivity contribution in [2.24, 2.45) is 0 Å². The van der Waals surface area contributed by atoms with Gasteiger partial charge >= 0.3 is 0 Å². The number of hydrogen-bond donors (Lipinski definition) is 1. The van der Waals surface area contributed by atoms with Crippen molar-refractivity contribution in [3.05, 3.63) is 28.2 Å². The van der Waals surface area contributed by atoms with Gasteiger partial charge in [0.1, 0.15) is 0 Å². The van der Waals surface area contributed by atoms with Gasteiger partial charge in [-0.25, -0.2) is 0 Å². The van der Waals surface area contributed by atoms with Gasteiger partial charge in [0.2, 0.25) is 5.91 Å². The molecule has 0 aliphatic carbocycles. The van der Waals surface area contributed by atoms with Crippen LogP contribution in [0, 0.1) is 0 Å². The van der Waals surface area contributed by atoms with Gasteiger partial charge in [0.05, 0.1) is 11.1 Å². The monoisotopic (exact) mass is 253 g/mol. The average molecular weight is 254 g/mol. The Kier molecular flexibility index (Phi) is 2.14. The van der Waals surface area contributed by atoms with E-state index in [1.165, 1.54) is 0 Å². The maximum atomic E-state index is 11.8. The molecule has 0 aromatic heterocycles. The van der Waals surface area contributed by atoms with Crippen molar-refractivity contribution < 1.29 is 4.79 Å². The van der Waals surface area contributed by atoms with Gasteiger partial charge in [0, 0.05) is 4.47 Å². The van der Waals surface area contributed by atoms with Crippen molar-refractivity contribution in [3.63, 3.8) is 0 Å². The molecule has 1 aliphatic heterocycles. The second kappa shape index (κ2) is 3.09. The van der Waals surface area contributed by atoms with Crippen LogP contribution >= 0.6 is 15.9 Å². The molecule has 74 valence electrons. The summed E-state index contributed by atoms with van der Waals surface area (Å²) < 4.78 is 0.959. The molecule has 2 nitrogen and oxygen atoms in total. The van der Waals surface area contributed by atoms with Crippen molar-refractivity contribution in [1.29, 1.82) is 0 Å². The topological polar surface area (TPSA) is 29.1 Å². The molecule has 1 amide bonds. The largest absolute Gasteiger partial charge is 0.324 e. The van der Waals surface area contributed by atoms with Gasteiger partial charge in [-0.3, -0.25) is 4.79 Å². The molecule has 2 rings (SSSR count). The van der Waals surface area contributed by atoms with Crippen LogP contribution in [-0.2, 0) is 10.2 Å². The Bertz CT molecular complexity index is 402. The molecule has 14 heavy (non-hydrogen) atoms. The molecule has 0 saturated carbocycles. The predicted octanol–water partition coefficient (Wildman–Crippen LogP) is 3.07. The lowest BCUT2D eigenvalue weighted by Crippen LogP contribution is -2.29. The highest BCUT2D eigenvalue weighted by atomic mass is 79.9. The Balaban J connectivity index is 2.64. The normalized spacial score (nSPS) is 24.6. The third kappa shape index (κ3) is 1.12. The summed E-state index contributed by atoms with van der Waals surface area (Å²) >= 11 is 3.44. The van der Waals surface area contributed by atoms with Crippen molar-refractivity contribution in [2.45, 2.75) is 25.7 Å². The number of carbonyl (C=O) groups is 1. The van der Waals surface area contributed by atoms with Crippen molar-refractivity contribution in [1.82, 2.24) is 0 Å². The number of halogens is 1. The minimum atomic E-state index is -0.362. The molecule has 1 heterocycles. The van der Waals surface area contributed by atoms with Crippen LogP contribution in [0.2, 0.25) is 0 Å². The molecule has 3 heteroatoms. The molecule has 1 atom stereocenters. The first kappa shape index (κ1) is 9.71. The molecular weight excluding hydrogens is 242 g/mol. The van der Waals surface area contributed by atoms with E-state index in [1.807, 2.05) is 32.0 Å². The number of carbonyl (C=O) groups excluding carboxylic acids is 1. The minimum Gasteiger partial charge on any atom is -0.324 e. The maximum absolute atomic E-state index is 11.8. The zero-order chi connectivity index (χ0) is 10.3. The summed E-state index contributed by atoms with van der Waals surface area (Å²) in [6, 6.07) is 5.93. The number of hydrogen-bond acceptors (Lipinski definition) is 1. The van der Waals surface area contributed by atoms with Gasteiger partial charge in [0.15, 0.2) is 0 Å². The van der Waals surface area contributed by atoms with Crippen LogP contribution in [0.3, 0.4) is 0 Å². The molecule has 1 unspecified atom stereocenters. The average Bonchev–Trinajstić information content (AvgIpc) is 2.43. The standard InChI is InChI=1S/C11H12BrNO/c1-3-11(2)7-5-4-6-8(12)9(7)13-10(11)14/h4-6H,3H2,1-2H3,(H,13,14). The third-order valence-corrected chi connectivity index (χ3v) is 3.72. The number of anilines is 1. The second-order valence-corrected chi connectivity index (χ2v) is 4.66. The highest BCUT2D eigenvalue weighted by Crippen LogP contribution is 2.43. The zero-order valence-electron chi connectivity index (χ0n) is 8.23. The van der Waals surface area contributed by atoms with Crippen molar-refractivity contribution in [3.8, 4) is 0 Å². The van der Waals surface area contributed by atoms with Gasteiger partial charge in [-0.1, -0.05) is 19.1 Å². The molecule has 0 bridgehead atoms. The van der Waals surface area contributed by atoms with Gasteiger partial charge in [-0.05, 0) is 40.9 Å². The molecule has 0 fully saturated rings. The van der Waals surface area contributed by atoms with Crippen LogP contribution < -0.4 is 5.32 Å². The lowest BCUT2D eigenvalue weighted by molar-refractivity contribution is -0.120. The minimum absolute atomic E-state index is 0.0990. The molecule has 1 aromatic rings. The Morgan fingerprint density at radius 2 is 2.21 bits per heavy atom. The molecule has 1 N–H and O–H groups in total. The predicted molar refractivity (Wildman–Crippen MR) is 60.4 cm³/mol. The number of para-hydroxylation sites is 1. The van der Waals surface area contributed by atoms with E-state index >= 15 is 0 Å². The lowest BCUT2D eigenvalue weighted by Gasteiger charge is -2.19. The molecule has 0 spiro atoms. The van der Waals surface area contributed by atoms with Crippen LogP contribution in [0.5, 0.6) is 0 Å². The highest BCUT2D eigenvalue weighted by Gasteiger charge is 2.41. The van der Waals surface area contributed by atoms with Crippen LogP contribution in [-0.4, -0.2) is 5.91 Å². The Morgan fingerprint density at radius 1 is 1.50 bits per heavy atom. The fourth-order valence-corrected chi connectivity index (χ4v) is 2.30. The van der Waals surface area contributed by atoms with Gasteiger partial charge in [-0.15, -0.1) is 0 Å². The first-order valence-corrected chi connectivity index (χ1v) is 5.49. The van der Waals surface area contributed by atoms with E-state index in [0.717, 1.165) is 22.1 Å². The highest BCUT2D eigenvalue weighted by molar-refractivity contribution is 9.10. The van der Waals surface area contributed by atoms with E-state index in [0.29, 0.717) is 0 Å². The van der Waals surface area contributed by atoms with Crippen molar-refractivity contribution >= 4 is 27.5 Å². The summed E-state index contributed by atoms with van der Waals surface area (Å²) in [5.41, 5.74) is 1.67. The number of rotatable bonds is 1. The Labute approximate surface area is 91.8 Å². The quantitative estimate of drug-likeness (QED) is 0.819. The first-order valence-electron chi connectivity index (χ1n) is 4.70. The molecule has 0 radical (unpaired) electrons.